The molecule has 0 aliphatic carbocycles. The summed E-state index contributed by atoms with van der Waals surface area (Å²) in [5, 5.41) is 5.32. The number of aromatic nitrogens is 2. The SMILES string of the molecule is CCc1ccc(-n2c(CC)nc3cc(S(N)(=O)=O)c(Cl)cc32)cc1. The molecule has 0 aliphatic heterocycles. The van der Waals surface area contributed by atoms with Crippen molar-refractivity contribution in [3.63, 3.8) is 0 Å². The zero-order valence-electron chi connectivity index (χ0n) is 13.5. The molecule has 0 saturated carbocycles. The minimum Gasteiger partial charge on any atom is -0.296 e. The molecule has 1 heterocycles. The fourth-order valence-corrected chi connectivity index (χ4v) is 3.84. The summed E-state index contributed by atoms with van der Waals surface area (Å²) in [6.45, 7) is 4.11. The van der Waals surface area contributed by atoms with Crippen LogP contribution in [-0.4, -0.2) is 18.0 Å². The second-order valence-corrected chi connectivity index (χ2v) is 7.49. The lowest BCUT2D eigenvalue weighted by molar-refractivity contribution is 0.598. The molecule has 126 valence electrons. The van der Waals surface area contributed by atoms with E-state index in [4.69, 9.17) is 16.7 Å². The van der Waals surface area contributed by atoms with Crippen molar-refractivity contribution in [2.75, 3.05) is 0 Å². The average molecular weight is 364 g/mol. The number of fused-ring (bicyclic) bond motifs is 1. The molecule has 0 saturated heterocycles. The van der Waals surface area contributed by atoms with Gasteiger partial charge in [-0.15, -0.1) is 0 Å². The molecule has 0 aliphatic rings. The number of hydrogen-bond donors (Lipinski definition) is 1. The van der Waals surface area contributed by atoms with Gasteiger partial charge in [0.15, 0.2) is 0 Å². The number of benzene rings is 2. The van der Waals surface area contributed by atoms with Crippen LogP contribution < -0.4 is 5.14 Å². The van der Waals surface area contributed by atoms with Crippen LogP contribution in [0, 0.1) is 0 Å². The minimum atomic E-state index is -3.89. The molecule has 3 rings (SSSR count). The summed E-state index contributed by atoms with van der Waals surface area (Å²) in [7, 11) is -3.89. The summed E-state index contributed by atoms with van der Waals surface area (Å²) in [5.41, 5.74) is 3.52. The molecular formula is C17H18ClN3O2S. The van der Waals surface area contributed by atoms with Crippen LogP contribution in [0.1, 0.15) is 25.2 Å². The van der Waals surface area contributed by atoms with Gasteiger partial charge in [-0.25, -0.2) is 18.5 Å². The van der Waals surface area contributed by atoms with Crippen LogP contribution in [0.15, 0.2) is 41.3 Å². The molecule has 24 heavy (non-hydrogen) atoms. The van der Waals surface area contributed by atoms with Crippen molar-refractivity contribution in [1.82, 2.24) is 9.55 Å². The van der Waals surface area contributed by atoms with Crippen LogP contribution in [0.2, 0.25) is 5.02 Å². The quantitative estimate of drug-likeness (QED) is 0.771. The van der Waals surface area contributed by atoms with Crippen molar-refractivity contribution < 1.29 is 8.42 Å². The van der Waals surface area contributed by atoms with Gasteiger partial charge < -0.3 is 0 Å². The van der Waals surface area contributed by atoms with Crippen molar-refractivity contribution in [2.45, 2.75) is 31.6 Å². The second-order valence-electron chi connectivity index (χ2n) is 5.55. The van der Waals surface area contributed by atoms with Crippen LogP contribution >= 0.6 is 11.6 Å². The number of halogens is 1. The summed E-state index contributed by atoms with van der Waals surface area (Å²) >= 11 is 6.15. The van der Waals surface area contributed by atoms with Gasteiger partial charge >= 0.3 is 0 Å². The standard InChI is InChI=1S/C17H18ClN3O2S/c1-3-11-5-7-12(8-6-11)21-15-9-13(18)16(24(19,22)23)10-14(15)20-17(21)4-2/h5-10H,3-4H2,1-2H3,(H2,19,22,23). The first-order chi connectivity index (χ1) is 11.3. The maximum atomic E-state index is 11.7. The van der Waals surface area contributed by atoms with Crippen LogP contribution in [0.3, 0.4) is 0 Å². The van der Waals surface area contributed by atoms with Gasteiger partial charge in [-0.05, 0) is 36.2 Å². The summed E-state index contributed by atoms with van der Waals surface area (Å²) in [6, 6.07) is 11.2. The molecule has 2 aromatic carbocycles. The zero-order chi connectivity index (χ0) is 17.5. The first-order valence-electron chi connectivity index (χ1n) is 7.68. The molecule has 0 bridgehead atoms. The van der Waals surface area contributed by atoms with E-state index >= 15 is 0 Å². The Morgan fingerprint density at radius 1 is 1.12 bits per heavy atom. The average Bonchev–Trinajstić information content (AvgIpc) is 2.90. The van der Waals surface area contributed by atoms with E-state index in [1.54, 1.807) is 6.07 Å². The highest BCUT2D eigenvalue weighted by atomic mass is 35.5. The summed E-state index contributed by atoms with van der Waals surface area (Å²) < 4.78 is 25.3. The van der Waals surface area contributed by atoms with E-state index in [1.807, 2.05) is 23.6 Å². The Bertz CT molecular complexity index is 1010. The molecule has 5 nitrogen and oxygen atoms in total. The lowest BCUT2D eigenvalue weighted by Gasteiger charge is -2.10. The maximum Gasteiger partial charge on any atom is 0.239 e. The lowest BCUT2D eigenvalue weighted by atomic mass is 10.1. The number of hydrogen-bond acceptors (Lipinski definition) is 3. The molecule has 0 radical (unpaired) electrons. The number of imidazole rings is 1. The number of nitrogens with two attached hydrogens (primary N) is 1. The molecule has 3 aromatic rings. The molecule has 0 fully saturated rings. The Morgan fingerprint density at radius 2 is 1.79 bits per heavy atom. The highest BCUT2D eigenvalue weighted by Gasteiger charge is 2.19. The van der Waals surface area contributed by atoms with Crippen molar-refractivity contribution in [3.8, 4) is 5.69 Å². The van der Waals surface area contributed by atoms with Crippen molar-refractivity contribution in [3.05, 3.63) is 52.8 Å². The number of rotatable bonds is 4. The zero-order valence-corrected chi connectivity index (χ0v) is 15.0. The van der Waals surface area contributed by atoms with E-state index in [2.05, 4.69) is 24.0 Å². The maximum absolute atomic E-state index is 11.7. The Labute approximate surface area is 146 Å². The van der Waals surface area contributed by atoms with Gasteiger partial charge in [0.25, 0.3) is 0 Å². The Hall–Kier alpha value is -1.89. The fraction of sp³-hybridized carbons (Fsp3) is 0.235. The molecule has 0 spiro atoms. The van der Waals surface area contributed by atoms with Crippen LogP contribution in [0.25, 0.3) is 16.7 Å². The summed E-state index contributed by atoms with van der Waals surface area (Å²) in [5.74, 6) is 0.830. The largest absolute Gasteiger partial charge is 0.296 e. The van der Waals surface area contributed by atoms with Crippen molar-refractivity contribution >= 4 is 32.7 Å². The van der Waals surface area contributed by atoms with Gasteiger partial charge in [0.2, 0.25) is 10.0 Å². The summed E-state index contributed by atoms with van der Waals surface area (Å²) in [4.78, 5) is 4.44. The highest BCUT2D eigenvalue weighted by Crippen LogP contribution is 2.29. The molecule has 0 unspecified atom stereocenters. The molecular weight excluding hydrogens is 346 g/mol. The Balaban J connectivity index is 2.28. The first-order valence-corrected chi connectivity index (χ1v) is 9.60. The third kappa shape index (κ3) is 2.92. The third-order valence-electron chi connectivity index (χ3n) is 4.00. The molecule has 0 amide bonds. The Morgan fingerprint density at radius 3 is 2.33 bits per heavy atom. The topological polar surface area (TPSA) is 78.0 Å². The monoisotopic (exact) mass is 363 g/mol. The molecule has 7 heteroatoms. The molecule has 0 atom stereocenters. The second kappa shape index (κ2) is 6.20. The predicted molar refractivity (Wildman–Crippen MR) is 96.2 cm³/mol. The van der Waals surface area contributed by atoms with Gasteiger partial charge in [-0.1, -0.05) is 37.6 Å². The van der Waals surface area contributed by atoms with E-state index in [0.717, 1.165) is 23.4 Å². The third-order valence-corrected chi connectivity index (χ3v) is 5.38. The number of nitrogens with zero attached hydrogens (tertiary/aromatic N) is 2. The van der Waals surface area contributed by atoms with Crippen LogP contribution in [0.5, 0.6) is 0 Å². The van der Waals surface area contributed by atoms with E-state index in [1.165, 1.54) is 11.6 Å². The lowest BCUT2D eigenvalue weighted by Crippen LogP contribution is -2.12. The fourth-order valence-electron chi connectivity index (χ4n) is 2.75. The van der Waals surface area contributed by atoms with E-state index < -0.39 is 10.0 Å². The molecule has 2 N–H and O–H groups in total. The van der Waals surface area contributed by atoms with Crippen LogP contribution in [-0.2, 0) is 22.9 Å². The van der Waals surface area contributed by atoms with Gasteiger partial charge in [0.05, 0.1) is 16.1 Å². The van der Waals surface area contributed by atoms with Gasteiger partial charge in [-0.2, -0.15) is 0 Å². The highest BCUT2D eigenvalue weighted by molar-refractivity contribution is 7.89. The van der Waals surface area contributed by atoms with E-state index in [0.29, 0.717) is 11.9 Å². The van der Waals surface area contributed by atoms with Crippen LogP contribution in [0.4, 0.5) is 0 Å². The minimum absolute atomic E-state index is 0.0963. The van der Waals surface area contributed by atoms with E-state index in [9.17, 15) is 8.42 Å². The first kappa shape index (κ1) is 17.0. The van der Waals surface area contributed by atoms with Crippen molar-refractivity contribution in [1.29, 1.82) is 0 Å². The van der Waals surface area contributed by atoms with Gasteiger partial charge in [0, 0.05) is 12.1 Å². The summed E-state index contributed by atoms with van der Waals surface area (Å²) in [6.07, 6.45) is 1.67. The number of aryl methyl sites for hydroxylation is 2. The van der Waals surface area contributed by atoms with E-state index in [-0.39, 0.29) is 9.92 Å². The normalized spacial score (nSPS) is 12.0. The Kier molecular flexibility index (Phi) is 4.38. The molecule has 1 aromatic heterocycles. The van der Waals surface area contributed by atoms with Gasteiger partial charge in [-0.3, -0.25) is 4.57 Å². The van der Waals surface area contributed by atoms with Crippen molar-refractivity contribution in [2.24, 2.45) is 5.14 Å². The smallest absolute Gasteiger partial charge is 0.239 e. The predicted octanol–water partition coefficient (Wildman–Crippen LogP) is 3.45. The van der Waals surface area contributed by atoms with Gasteiger partial charge in [0.1, 0.15) is 10.7 Å². The number of sulfonamides is 1. The number of primary sulfonamides is 1.